The highest BCUT2D eigenvalue weighted by atomic mass is 16.5. The molecule has 0 bridgehead atoms. The molecule has 1 fully saturated rings. The molecule has 1 aromatic heterocycles. The second-order valence-electron chi connectivity index (χ2n) is 5.19. The molecule has 0 N–H and O–H groups in total. The number of carbonyl (C=O) groups is 1. The summed E-state index contributed by atoms with van der Waals surface area (Å²) < 4.78 is 13.1. The molecule has 0 saturated carbocycles. The van der Waals surface area contributed by atoms with Gasteiger partial charge in [-0.2, -0.15) is 0 Å². The van der Waals surface area contributed by atoms with Gasteiger partial charge < -0.3 is 18.9 Å². The van der Waals surface area contributed by atoms with Crippen molar-refractivity contribution in [1.29, 1.82) is 0 Å². The zero-order chi connectivity index (χ0) is 13.9. The first kappa shape index (κ1) is 13.2. The lowest BCUT2D eigenvalue weighted by atomic mass is 10.1. The molecule has 1 saturated heterocycles. The Morgan fingerprint density at radius 2 is 2.30 bits per heavy atom. The van der Waals surface area contributed by atoms with Gasteiger partial charge >= 0.3 is 0 Å². The Morgan fingerprint density at radius 3 is 3.00 bits per heavy atom. The van der Waals surface area contributed by atoms with E-state index in [9.17, 15) is 4.79 Å². The number of amides is 1. The highest BCUT2D eigenvalue weighted by Gasteiger charge is 2.32. The summed E-state index contributed by atoms with van der Waals surface area (Å²) in [6, 6.07) is 3.99. The first-order valence-corrected chi connectivity index (χ1v) is 7.10. The molecule has 1 aromatic rings. The first-order valence-electron chi connectivity index (χ1n) is 7.10. The van der Waals surface area contributed by atoms with Gasteiger partial charge in [0.15, 0.2) is 5.76 Å². The topological polar surface area (TPSA) is 43.7 Å². The van der Waals surface area contributed by atoms with E-state index in [0.29, 0.717) is 32.1 Å². The molecule has 5 nitrogen and oxygen atoms in total. The molecule has 0 radical (unpaired) electrons. The molecule has 0 aromatic carbocycles. The van der Waals surface area contributed by atoms with E-state index in [1.807, 2.05) is 40.9 Å². The van der Waals surface area contributed by atoms with E-state index in [1.165, 1.54) is 0 Å². The van der Waals surface area contributed by atoms with Gasteiger partial charge in [0, 0.05) is 25.5 Å². The fourth-order valence-corrected chi connectivity index (χ4v) is 2.76. The van der Waals surface area contributed by atoms with Crippen LogP contribution in [0.4, 0.5) is 0 Å². The lowest BCUT2D eigenvalue weighted by molar-refractivity contribution is -0.140. The summed E-state index contributed by atoms with van der Waals surface area (Å²) in [6.45, 7) is 2.36. The SMILES string of the molecule is Cn1cccc1C1COCCN1C(=O)C1=CCCCO1. The van der Waals surface area contributed by atoms with Crippen LogP contribution in [0.5, 0.6) is 0 Å². The quantitative estimate of drug-likeness (QED) is 0.824. The smallest absolute Gasteiger partial charge is 0.289 e. The van der Waals surface area contributed by atoms with Crippen molar-refractivity contribution in [3.05, 3.63) is 35.9 Å². The maximum Gasteiger partial charge on any atom is 0.289 e. The third-order valence-electron chi connectivity index (χ3n) is 3.86. The number of allylic oxidation sites excluding steroid dienone is 1. The van der Waals surface area contributed by atoms with E-state index in [0.717, 1.165) is 18.5 Å². The number of carbonyl (C=O) groups excluding carboxylic acids is 1. The van der Waals surface area contributed by atoms with Gasteiger partial charge in [0.1, 0.15) is 0 Å². The zero-order valence-corrected chi connectivity index (χ0v) is 11.7. The number of hydrogen-bond acceptors (Lipinski definition) is 3. The Hall–Kier alpha value is -1.75. The Bertz CT molecular complexity index is 521. The highest BCUT2D eigenvalue weighted by Crippen LogP contribution is 2.26. The summed E-state index contributed by atoms with van der Waals surface area (Å²) in [5.41, 5.74) is 1.09. The molecule has 0 spiro atoms. The largest absolute Gasteiger partial charge is 0.488 e. The van der Waals surface area contributed by atoms with Crippen LogP contribution >= 0.6 is 0 Å². The summed E-state index contributed by atoms with van der Waals surface area (Å²) in [4.78, 5) is 14.5. The molecular formula is C15H20N2O3. The standard InChI is InChI=1S/C15H20N2O3/c1-16-7-4-5-12(16)13-11-19-10-8-17(13)15(18)14-6-2-3-9-20-14/h4-7,13H,2-3,8-11H2,1H3. The number of ether oxygens (including phenoxy) is 2. The first-order chi connectivity index (χ1) is 9.77. The number of nitrogens with zero attached hydrogens (tertiary/aromatic N) is 2. The maximum absolute atomic E-state index is 12.6. The van der Waals surface area contributed by atoms with E-state index in [4.69, 9.17) is 9.47 Å². The fraction of sp³-hybridized carbons (Fsp3) is 0.533. The third kappa shape index (κ3) is 2.45. The zero-order valence-electron chi connectivity index (χ0n) is 11.7. The predicted octanol–water partition coefficient (Wildman–Crippen LogP) is 1.62. The highest BCUT2D eigenvalue weighted by molar-refractivity contribution is 5.92. The van der Waals surface area contributed by atoms with Crippen LogP contribution in [0, 0.1) is 0 Å². The molecular weight excluding hydrogens is 256 g/mol. The van der Waals surface area contributed by atoms with Gasteiger partial charge in [0.25, 0.3) is 5.91 Å². The van der Waals surface area contributed by atoms with Crippen molar-refractivity contribution in [1.82, 2.24) is 9.47 Å². The van der Waals surface area contributed by atoms with Crippen molar-refractivity contribution in [3.63, 3.8) is 0 Å². The monoisotopic (exact) mass is 276 g/mol. The predicted molar refractivity (Wildman–Crippen MR) is 74.0 cm³/mol. The molecule has 3 heterocycles. The van der Waals surface area contributed by atoms with Crippen LogP contribution in [0.15, 0.2) is 30.2 Å². The molecule has 1 unspecified atom stereocenters. The van der Waals surface area contributed by atoms with Gasteiger partial charge in [0.2, 0.25) is 0 Å². The molecule has 1 atom stereocenters. The Balaban J connectivity index is 1.83. The maximum atomic E-state index is 12.6. The molecule has 2 aliphatic rings. The van der Waals surface area contributed by atoms with Crippen molar-refractivity contribution in [3.8, 4) is 0 Å². The van der Waals surface area contributed by atoms with Gasteiger partial charge in [-0.15, -0.1) is 0 Å². The normalized spacial score (nSPS) is 23.1. The van der Waals surface area contributed by atoms with Gasteiger partial charge in [-0.05, 0) is 31.1 Å². The molecule has 0 aliphatic carbocycles. The summed E-state index contributed by atoms with van der Waals surface area (Å²) in [6.07, 6.45) is 5.80. The number of morpholine rings is 1. The average molecular weight is 276 g/mol. The van der Waals surface area contributed by atoms with E-state index >= 15 is 0 Å². The lowest BCUT2D eigenvalue weighted by Gasteiger charge is -2.36. The third-order valence-corrected chi connectivity index (χ3v) is 3.86. The van der Waals surface area contributed by atoms with Crippen molar-refractivity contribution in [2.75, 3.05) is 26.4 Å². The lowest BCUT2D eigenvalue weighted by Crippen LogP contribution is -2.45. The van der Waals surface area contributed by atoms with Crippen LogP contribution in [-0.2, 0) is 21.3 Å². The Labute approximate surface area is 118 Å². The minimum atomic E-state index is -0.0392. The van der Waals surface area contributed by atoms with Gasteiger partial charge in [-0.1, -0.05) is 0 Å². The minimum absolute atomic E-state index is 0.0146. The number of hydrogen-bond donors (Lipinski definition) is 0. The summed E-state index contributed by atoms with van der Waals surface area (Å²) in [7, 11) is 1.99. The summed E-state index contributed by atoms with van der Waals surface area (Å²) >= 11 is 0. The van der Waals surface area contributed by atoms with E-state index in [2.05, 4.69) is 0 Å². The minimum Gasteiger partial charge on any atom is -0.488 e. The summed E-state index contributed by atoms with van der Waals surface area (Å²) in [5.74, 6) is 0.483. The number of rotatable bonds is 2. The summed E-state index contributed by atoms with van der Waals surface area (Å²) in [5, 5.41) is 0. The number of aromatic nitrogens is 1. The van der Waals surface area contributed by atoms with Crippen molar-refractivity contribution < 1.29 is 14.3 Å². The Kier molecular flexibility index (Phi) is 3.78. The van der Waals surface area contributed by atoms with Crippen LogP contribution < -0.4 is 0 Å². The van der Waals surface area contributed by atoms with Gasteiger partial charge in [-0.3, -0.25) is 4.79 Å². The van der Waals surface area contributed by atoms with Gasteiger partial charge in [-0.25, -0.2) is 0 Å². The van der Waals surface area contributed by atoms with Crippen LogP contribution in [-0.4, -0.2) is 41.7 Å². The van der Waals surface area contributed by atoms with E-state index in [1.54, 1.807) is 0 Å². The van der Waals surface area contributed by atoms with Crippen LogP contribution in [0.1, 0.15) is 24.6 Å². The van der Waals surface area contributed by atoms with Crippen molar-refractivity contribution >= 4 is 5.91 Å². The molecule has 3 rings (SSSR count). The average Bonchev–Trinajstić information content (AvgIpc) is 2.93. The Morgan fingerprint density at radius 1 is 1.40 bits per heavy atom. The van der Waals surface area contributed by atoms with E-state index < -0.39 is 0 Å². The van der Waals surface area contributed by atoms with E-state index in [-0.39, 0.29) is 11.9 Å². The van der Waals surface area contributed by atoms with Crippen molar-refractivity contribution in [2.24, 2.45) is 7.05 Å². The molecule has 108 valence electrons. The molecule has 20 heavy (non-hydrogen) atoms. The van der Waals surface area contributed by atoms with Crippen LogP contribution in [0.25, 0.3) is 0 Å². The second-order valence-corrected chi connectivity index (χ2v) is 5.19. The second kappa shape index (κ2) is 5.71. The van der Waals surface area contributed by atoms with Crippen molar-refractivity contribution in [2.45, 2.75) is 18.9 Å². The van der Waals surface area contributed by atoms with Crippen LogP contribution in [0.2, 0.25) is 0 Å². The van der Waals surface area contributed by atoms with Gasteiger partial charge in [0.05, 0.1) is 25.9 Å². The van der Waals surface area contributed by atoms with Crippen LogP contribution in [0.3, 0.4) is 0 Å². The number of aryl methyl sites for hydroxylation is 1. The molecule has 5 heteroatoms. The fourth-order valence-electron chi connectivity index (χ4n) is 2.76. The molecule has 1 amide bonds. The molecule has 2 aliphatic heterocycles.